The van der Waals surface area contributed by atoms with E-state index in [1.165, 1.54) is 12.0 Å². The van der Waals surface area contributed by atoms with Crippen LogP contribution in [-0.2, 0) is 10.8 Å². The van der Waals surface area contributed by atoms with Crippen LogP contribution >= 0.6 is 0 Å². The van der Waals surface area contributed by atoms with Gasteiger partial charge in [-0.1, -0.05) is 37.3 Å². The fourth-order valence-corrected chi connectivity index (χ4v) is 2.16. The molecule has 3 heteroatoms. The lowest BCUT2D eigenvalue weighted by atomic mass is 10.2. The minimum absolute atomic E-state index is 0.466. The molecule has 2 nitrogen and oxygen atoms in total. The maximum Gasteiger partial charge on any atom is 0.235 e. The van der Waals surface area contributed by atoms with Crippen LogP contribution in [-0.4, -0.2) is 23.1 Å². The van der Waals surface area contributed by atoms with Crippen molar-refractivity contribution in [2.24, 2.45) is 0 Å². The molecule has 1 aromatic rings. The number of rotatable bonds is 7. The van der Waals surface area contributed by atoms with Crippen molar-refractivity contribution >= 4 is 9.92 Å². The van der Waals surface area contributed by atoms with E-state index in [2.05, 4.69) is 36.2 Å². The first-order valence-electron chi connectivity index (χ1n) is 5.26. The van der Waals surface area contributed by atoms with Crippen LogP contribution in [0.4, 0.5) is 0 Å². The highest BCUT2D eigenvalue weighted by Gasteiger charge is 1.91. The van der Waals surface area contributed by atoms with Gasteiger partial charge in [0.25, 0.3) is 0 Å². The first kappa shape index (κ1) is 11.4. The molecule has 0 fully saturated rings. The number of hydrogen-bond donors (Lipinski definition) is 1. The summed E-state index contributed by atoms with van der Waals surface area (Å²) in [6.45, 7) is 4.12. The number of nitrogens with one attached hydrogen (secondary N) is 1. The highest BCUT2D eigenvalue weighted by Crippen LogP contribution is 1.98. The molecule has 0 aliphatic rings. The second-order valence-electron chi connectivity index (χ2n) is 3.29. The summed E-state index contributed by atoms with van der Waals surface area (Å²) in [5, 5.41) is 0. The summed E-state index contributed by atoms with van der Waals surface area (Å²) < 4.78 is 5.57. The summed E-state index contributed by atoms with van der Waals surface area (Å²) in [5.41, 5.74) is 1.36. The smallest absolute Gasteiger partial charge is 0.235 e. The maximum absolute atomic E-state index is 5.57. The zero-order valence-corrected chi connectivity index (χ0v) is 10.2. The normalized spacial score (nSPS) is 11.2. The molecule has 0 aliphatic carbocycles. The first-order chi connectivity index (χ1) is 6.93. The Labute approximate surface area is 88.7 Å². The predicted molar refractivity (Wildman–Crippen MR) is 62.9 cm³/mol. The minimum Gasteiger partial charge on any atom is -0.408 e. The topological polar surface area (TPSA) is 21.3 Å². The van der Waals surface area contributed by atoms with Crippen LogP contribution in [0, 0.1) is 0 Å². The first-order valence-corrected chi connectivity index (χ1v) is 6.54. The third kappa shape index (κ3) is 5.17. The molecule has 0 atom stereocenters. The van der Waals surface area contributed by atoms with E-state index >= 15 is 0 Å². The van der Waals surface area contributed by atoms with Crippen LogP contribution in [0.3, 0.4) is 0 Å². The molecule has 14 heavy (non-hydrogen) atoms. The fourth-order valence-electron chi connectivity index (χ4n) is 1.23. The third-order valence-electron chi connectivity index (χ3n) is 2.01. The van der Waals surface area contributed by atoms with Crippen LogP contribution in [0.15, 0.2) is 30.3 Å². The summed E-state index contributed by atoms with van der Waals surface area (Å²) in [6.07, 6.45) is 2.22. The van der Waals surface area contributed by atoms with E-state index in [-0.39, 0.29) is 0 Å². The Balaban J connectivity index is 1.99. The quantitative estimate of drug-likeness (QED) is 0.539. The molecule has 0 saturated heterocycles. The molecule has 0 aliphatic heterocycles. The van der Waals surface area contributed by atoms with Gasteiger partial charge in [-0.3, -0.25) is 0 Å². The minimum atomic E-state index is -0.466. The van der Waals surface area contributed by atoms with Gasteiger partial charge in [0.1, 0.15) is 0 Å². The van der Waals surface area contributed by atoms with Crippen LogP contribution in [0.1, 0.15) is 18.9 Å². The average Bonchev–Trinajstić information content (AvgIpc) is 2.25. The van der Waals surface area contributed by atoms with Gasteiger partial charge in [0.15, 0.2) is 0 Å². The van der Waals surface area contributed by atoms with Gasteiger partial charge < -0.3 is 9.41 Å². The monoisotopic (exact) mass is 209 g/mol. The second-order valence-corrected chi connectivity index (χ2v) is 4.49. The second kappa shape index (κ2) is 7.73. The van der Waals surface area contributed by atoms with Crippen molar-refractivity contribution in [3.63, 3.8) is 0 Å². The Hall–Kier alpha value is -0.643. The third-order valence-corrected chi connectivity index (χ3v) is 3.06. The molecule has 1 rings (SSSR count). The van der Waals surface area contributed by atoms with Crippen LogP contribution in [0.5, 0.6) is 0 Å². The highest BCUT2D eigenvalue weighted by atomic mass is 28.2. The molecule has 0 spiro atoms. The molecule has 0 saturated carbocycles. The number of hydrogen-bond acceptors (Lipinski definition) is 2. The Kier molecular flexibility index (Phi) is 6.31. The molecule has 0 aromatic heterocycles. The molecule has 0 unspecified atom stereocenters. The highest BCUT2D eigenvalue weighted by molar-refractivity contribution is 6.23. The Morgan fingerprint density at radius 2 is 2.07 bits per heavy atom. The number of benzene rings is 1. The van der Waals surface area contributed by atoms with E-state index < -0.39 is 9.92 Å². The lowest BCUT2D eigenvalue weighted by Crippen LogP contribution is -2.23. The van der Waals surface area contributed by atoms with E-state index in [1.54, 1.807) is 0 Å². The Morgan fingerprint density at radius 3 is 2.79 bits per heavy atom. The van der Waals surface area contributed by atoms with Gasteiger partial charge in [-0.05, 0) is 24.9 Å². The standard InChI is InChI=1S/C11H19NOSi/c1-2-9-12-14-13-10-8-11-6-4-3-5-7-11/h3-7,12H,2,8-10,14H2,1H3. The van der Waals surface area contributed by atoms with Crippen LogP contribution in [0.2, 0.25) is 0 Å². The summed E-state index contributed by atoms with van der Waals surface area (Å²) in [5.74, 6) is 0. The van der Waals surface area contributed by atoms with E-state index in [0.717, 1.165) is 19.6 Å². The largest absolute Gasteiger partial charge is 0.408 e. The van der Waals surface area contributed by atoms with E-state index in [0.29, 0.717) is 0 Å². The Bertz CT molecular complexity index is 228. The summed E-state index contributed by atoms with van der Waals surface area (Å²) in [4.78, 5) is 3.34. The van der Waals surface area contributed by atoms with Crippen molar-refractivity contribution in [2.45, 2.75) is 19.8 Å². The molecule has 0 amide bonds. The van der Waals surface area contributed by atoms with Gasteiger partial charge in [-0.25, -0.2) is 0 Å². The molecule has 0 heterocycles. The van der Waals surface area contributed by atoms with Gasteiger partial charge in [-0.2, -0.15) is 0 Å². The summed E-state index contributed by atoms with van der Waals surface area (Å²) in [7, 11) is -0.466. The van der Waals surface area contributed by atoms with Crippen molar-refractivity contribution < 1.29 is 4.43 Å². The van der Waals surface area contributed by atoms with Crippen molar-refractivity contribution in [1.82, 2.24) is 4.98 Å². The molecule has 78 valence electrons. The van der Waals surface area contributed by atoms with Crippen molar-refractivity contribution in [1.29, 1.82) is 0 Å². The summed E-state index contributed by atoms with van der Waals surface area (Å²) in [6, 6.07) is 10.5. The van der Waals surface area contributed by atoms with E-state index in [4.69, 9.17) is 4.43 Å². The van der Waals surface area contributed by atoms with E-state index in [9.17, 15) is 0 Å². The fraction of sp³-hybridized carbons (Fsp3) is 0.455. The molecular weight excluding hydrogens is 190 g/mol. The van der Waals surface area contributed by atoms with E-state index in [1.807, 2.05) is 6.07 Å². The van der Waals surface area contributed by atoms with Gasteiger partial charge in [0, 0.05) is 6.61 Å². The van der Waals surface area contributed by atoms with Gasteiger partial charge in [-0.15, -0.1) is 0 Å². The SMILES string of the molecule is CCCN[SiH2]OCCc1ccccc1. The van der Waals surface area contributed by atoms with Gasteiger partial charge >= 0.3 is 0 Å². The Morgan fingerprint density at radius 1 is 1.29 bits per heavy atom. The van der Waals surface area contributed by atoms with Gasteiger partial charge in [0.05, 0.1) is 0 Å². The predicted octanol–water partition coefficient (Wildman–Crippen LogP) is 1.24. The summed E-state index contributed by atoms with van der Waals surface area (Å²) >= 11 is 0. The zero-order chi connectivity index (χ0) is 10.1. The molecule has 1 N–H and O–H groups in total. The van der Waals surface area contributed by atoms with Crippen LogP contribution < -0.4 is 4.98 Å². The van der Waals surface area contributed by atoms with Crippen molar-refractivity contribution in [3.8, 4) is 0 Å². The lowest BCUT2D eigenvalue weighted by molar-refractivity contribution is 0.333. The molecule has 0 radical (unpaired) electrons. The maximum atomic E-state index is 5.57. The lowest BCUT2D eigenvalue weighted by Gasteiger charge is -2.04. The average molecular weight is 209 g/mol. The van der Waals surface area contributed by atoms with Crippen LogP contribution in [0.25, 0.3) is 0 Å². The molecular formula is C11H19NOSi. The van der Waals surface area contributed by atoms with Crippen molar-refractivity contribution in [2.75, 3.05) is 13.2 Å². The van der Waals surface area contributed by atoms with Gasteiger partial charge in [0.2, 0.25) is 9.92 Å². The molecule has 1 aromatic carbocycles. The van der Waals surface area contributed by atoms with Crippen molar-refractivity contribution in [3.05, 3.63) is 35.9 Å². The molecule has 0 bridgehead atoms. The zero-order valence-electron chi connectivity index (χ0n) is 8.83.